The van der Waals surface area contributed by atoms with Crippen molar-refractivity contribution < 1.29 is 8.81 Å². The molecule has 1 heterocycles. The van der Waals surface area contributed by atoms with Crippen LogP contribution in [0.2, 0.25) is 5.02 Å². The Morgan fingerprint density at radius 2 is 2.19 bits per heavy atom. The first-order valence-corrected chi connectivity index (χ1v) is 5.10. The van der Waals surface area contributed by atoms with Gasteiger partial charge in [0, 0.05) is 12.6 Å². The Labute approximate surface area is 97.3 Å². The molecule has 0 bridgehead atoms. The van der Waals surface area contributed by atoms with Gasteiger partial charge >= 0.3 is 0 Å². The largest absolute Gasteiger partial charge is 0.428 e. The molecular formula is C11H10ClFN2O. The monoisotopic (exact) mass is 240 g/mol. The highest BCUT2D eigenvalue weighted by molar-refractivity contribution is 6.31. The molecule has 0 saturated carbocycles. The van der Waals surface area contributed by atoms with Gasteiger partial charge in [-0.2, -0.15) is 4.98 Å². The van der Waals surface area contributed by atoms with Crippen LogP contribution in [0, 0.1) is 12.7 Å². The summed E-state index contributed by atoms with van der Waals surface area (Å²) in [4.78, 5) is 4.21. The van der Waals surface area contributed by atoms with E-state index in [0.29, 0.717) is 17.5 Å². The second-order valence-corrected chi connectivity index (χ2v) is 3.71. The van der Waals surface area contributed by atoms with Crippen molar-refractivity contribution >= 4 is 17.6 Å². The van der Waals surface area contributed by atoms with Crippen LogP contribution < -0.4 is 5.32 Å². The lowest BCUT2D eigenvalue weighted by atomic mass is 10.1. The van der Waals surface area contributed by atoms with Crippen LogP contribution >= 0.6 is 11.6 Å². The van der Waals surface area contributed by atoms with Gasteiger partial charge in [0.2, 0.25) is 0 Å². The number of benzene rings is 1. The molecule has 0 spiro atoms. The summed E-state index contributed by atoms with van der Waals surface area (Å²) in [5.41, 5.74) is 1.39. The number of nitrogens with zero attached hydrogens (tertiary/aromatic N) is 1. The van der Waals surface area contributed by atoms with Crippen molar-refractivity contribution in [3.63, 3.8) is 0 Å². The van der Waals surface area contributed by atoms with Gasteiger partial charge in [-0.25, -0.2) is 4.39 Å². The molecule has 0 saturated heterocycles. The molecule has 2 rings (SSSR count). The number of halogens is 2. The van der Waals surface area contributed by atoms with Crippen LogP contribution in [0.25, 0.3) is 11.3 Å². The minimum Gasteiger partial charge on any atom is -0.428 e. The van der Waals surface area contributed by atoms with E-state index in [1.54, 1.807) is 20.0 Å². The maximum absolute atomic E-state index is 13.0. The lowest BCUT2D eigenvalue weighted by molar-refractivity contribution is 0.544. The molecule has 84 valence electrons. The molecule has 0 aliphatic rings. The molecule has 1 N–H and O–H groups in total. The number of hydrogen-bond acceptors (Lipinski definition) is 3. The molecule has 1 aromatic carbocycles. The van der Waals surface area contributed by atoms with Crippen molar-refractivity contribution in [2.75, 3.05) is 12.4 Å². The highest BCUT2D eigenvalue weighted by atomic mass is 35.5. The highest BCUT2D eigenvalue weighted by Gasteiger charge is 2.12. The third kappa shape index (κ3) is 1.88. The number of aromatic nitrogens is 1. The van der Waals surface area contributed by atoms with Gasteiger partial charge in [-0.1, -0.05) is 11.6 Å². The van der Waals surface area contributed by atoms with Crippen molar-refractivity contribution in [3.05, 3.63) is 34.8 Å². The number of anilines is 1. The predicted molar refractivity (Wildman–Crippen MR) is 61.2 cm³/mol. The number of rotatable bonds is 2. The first-order chi connectivity index (χ1) is 7.61. The molecular weight excluding hydrogens is 231 g/mol. The Kier molecular flexibility index (Phi) is 2.83. The zero-order chi connectivity index (χ0) is 11.7. The van der Waals surface area contributed by atoms with E-state index in [-0.39, 0.29) is 5.02 Å². The Bertz CT molecular complexity index is 525. The summed E-state index contributed by atoms with van der Waals surface area (Å²) in [6.07, 6.45) is 0. The molecule has 3 nitrogen and oxygen atoms in total. The molecule has 5 heteroatoms. The van der Waals surface area contributed by atoms with Crippen LogP contribution in [-0.4, -0.2) is 12.0 Å². The van der Waals surface area contributed by atoms with Crippen LogP contribution in [0.15, 0.2) is 22.6 Å². The predicted octanol–water partition coefficient (Wildman–Crippen LogP) is 3.48. The van der Waals surface area contributed by atoms with E-state index in [1.165, 1.54) is 12.1 Å². The first-order valence-electron chi connectivity index (χ1n) is 4.72. The summed E-state index contributed by atoms with van der Waals surface area (Å²) in [6.45, 7) is 1.79. The molecule has 0 unspecified atom stereocenters. The van der Waals surface area contributed by atoms with Gasteiger partial charge in [0.25, 0.3) is 6.01 Å². The zero-order valence-corrected chi connectivity index (χ0v) is 9.60. The molecule has 0 aliphatic heterocycles. The van der Waals surface area contributed by atoms with Crippen LogP contribution in [0.4, 0.5) is 10.4 Å². The maximum Gasteiger partial charge on any atom is 0.295 e. The summed E-state index contributed by atoms with van der Waals surface area (Å²) >= 11 is 5.71. The quantitative estimate of drug-likeness (QED) is 0.873. The molecule has 0 radical (unpaired) electrons. The zero-order valence-electron chi connectivity index (χ0n) is 8.84. The van der Waals surface area contributed by atoms with E-state index < -0.39 is 5.82 Å². The summed E-state index contributed by atoms with van der Waals surface area (Å²) in [6, 6.07) is 4.88. The fourth-order valence-electron chi connectivity index (χ4n) is 1.41. The second kappa shape index (κ2) is 4.14. The van der Waals surface area contributed by atoms with Gasteiger partial charge in [0.1, 0.15) is 17.3 Å². The van der Waals surface area contributed by atoms with Crippen molar-refractivity contribution in [1.29, 1.82) is 0 Å². The first kappa shape index (κ1) is 11.0. The average molecular weight is 241 g/mol. The molecule has 2 aromatic rings. The SMILES string of the molecule is CNc1nc(-c2ccc(F)c(Cl)c2)c(C)o1. The summed E-state index contributed by atoms with van der Waals surface area (Å²) in [5.74, 6) is 0.215. The molecule has 0 fully saturated rings. The lowest BCUT2D eigenvalue weighted by Gasteiger charge is -1.99. The van der Waals surface area contributed by atoms with Gasteiger partial charge in [0.15, 0.2) is 0 Å². The third-order valence-electron chi connectivity index (χ3n) is 2.20. The summed E-state index contributed by atoms with van der Waals surface area (Å²) in [5, 5.41) is 2.87. The minimum atomic E-state index is -0.444. The van der Waals surface area contributed by atoms with E-state index in [9.17, 15) is 4.39 Å². The number of aryl methyl sites for hydroxylation is 1. The maximum atomic E-state index is 13.0. The van der Waals surface area contributed by atoms with Crippen LogP contribution in [0.1, 0.15) is 5.76 Å². The van der Waals surface area contributed by atoms with Crippen LogP contribution in [0.3, 0.4) is 0 Å². The van der Waals surface area contributed by atoms with Gasteiger partial charge in [-0.3, -0.25) is 0 Å². The Balaban J connectivity index is 2.49. The Morgan fingerprint density at radius 3 is 2.75 bits per heavy atom. The molecule has 16 heavy (non-hydrogen) atoms. The average Bonchev–Trinajstić information content (AvgIpc) is 2.64. The Morgan fingerprint density at radius 1 is 1.44 bits per heavy atom. The van der Waals surface area contributed by atoms with Gasteiger partial charge in [0.05, 0.1) is 5.02 Å². The standard InChI is InChI=1S/C11H10ClFN2O/c1-6-10(15-11(14-2)16-6)7-3-4-9(13)8(12)5-7/h3-5H,1-2H3,(H,14,15). The van der Waals surface area contributed by atoms with Gasteiger partial charge in [-0.15, -0.1) is 0 Å². The van der Waals surface area contributed by atoms with Crippen LogP contribution in [0.5, 0.6) is 0 Å². The molecule has 0 amide bonds. The fourth-order valence-corrected chi connectivity index (χ4v) is 1.60. The van der Waals surface area contributed by atoms with Gasteiger partial charge < -0.3 is 9.73 Å². The Hall–Kier alpha value is -1.55. The van der Waals surface area contributed by atoms with E-state index in [2.05, 4.69) is 10.3 Å². The van der Waals surface area contributed by atoms with Crippen molar-refractivity contribution in [3.8, 4) is 11.3 Å². The minimum absolute atomic E-state index is 0.0749. The molecule has 0 atom stereocenters. The lowest BCUT2D eigenvalue weighted by Crippen LogP contribution is -1.87. The van der Waals surface area contributed by atoms with Crippen LogP contribution in [-0.2, 0) is 0 Å². The van der Waals surface area contributed by atoms with Crippen molar-refractivity contribution in [1.82, 2.24) is 4.98 Å². The van der Waals surface area contributed by atoms with Crippen molar-refractivity contribution in [2.45, 2.75) is 6.92 Å². The summed E-state index contributed by atoms with van der Waals surface area (Å²) < 4.78 is 18.3. The van der Waals surface area contributed by atoms with E-state index in [1.807, 2.05) is 0 Å². The topological polar surface area (TPSA) is 38.1 Å². The van der Waals surface area contributed by atoms with E-state index >= 15 is 0 Å². The molecule has 1 aromatic heterocycles. The molecule has 0 aliphatic carbocycles. The second-order valence-electron chi connectivity index (χ2n) is 3.30. The third-order valence-corrected chi connectivity index (χ3v) is 2.49. The number of oxazole rings is 1. The normalized spacial score (nSPS) is 10.5. The number of nitrogens with one attached hydrogen (secondary N) is 1. The fraction of sp³-hybridized carbons (Fsp3) is 0.182. The van der Waals surface area contributed by atoms with Gasteiger partial charge in [-0.05, 0) is 25.1 Å². The van der Waals surface area contributed by atoms with E-state index in [0.717, 1.165) is 5.56 Å². The van der Waals surface area contributed by atoms with E-state index in [4.69, 9.17) is 16.0 Å². The highest BCUT2D eigenvalue weighted by Crippen LogP contribution is 2.28. The smallest absolute Gasteiger partial charge is 0.295 e. The van der Waals surface area contributed by atoms with Crippen molar-refractivity contribution in [2.24, 2.45) is 0 Å². The summed E-state index contributed by atoms with van der Waals surface area (Å²) in [7, 11) is 1.71. The number of hydrogen-bond donors (Lipinski definition) is 1.